The Bertz CT molecular complexity index is 462. The van der Waals surface area contributed by atoms with Gasteiger partial charge in [-0.15, -0.1) is 0 Å². The van der Waals surface area contributed by atoms with E-state index in [0.29, 0.717) is 12.8 Å². The van der Waals surface area contributed by atoms with Crippen LogP contribution in [-0.4, -0.2) is 13.0 Å². The second-order valence-electron chi connectivity index (χ2n) is 3.49. The lowest BCUT2D eigenvalue weighted by molar-refractivity contribution is -0.114. The van der Waals surface area contributed by atoms with Gasteiger partial charge in [0.2, 0.25) is 0 Å². The predicted octanol–water partition coefficient (Wildman–Crippen LogP) is 1.73. The zero-order valence-corrected chi connectivity index (χ0v) is 9.64. The number of amides is 1. The number of hydrogen-bond acceptors (Lipinski definition) is 3. The Balaban J connectivity index is 2.93. The fourth-order valence-electron chi connectivity index (χ4n) is 1.38. The molecular formula is C13H14N2O2. The minimum Gasteiger partial charge on any atom is -0.501 e. The fraction of sp³-hybridized carbons (Fsp3) is 0.231. The third-order valence-corrected chi connectivity index (χ3v) is 2.32. The molecule has 0 spiro atoms. The molecule has 0 atom stereocenters. The molecule has 0 aromatic heterocycles. The maximum Gasteiger partial charge on any atom is 0.259 e. The van der Waals surface area contributed by atoms with Gasteiger partial charge in [-0.3, -0.25) is 4.79 Å². The zero-order chi connectivity index (χ0) is 12.7. The van der Waals surface area contributed by atoms with Gasteiger partial charge in [-0.2, -0.15) is 5.26 Å². The van der Waals surface area contributed by atoms with Crippen LogP contribution in [0.25, 0.3) is 0 Å². The van der Waals surface area contributed by atoms with Crippen molar-refractivity contribution in [1.29, 1.82) is 5.26 Å². The second kappa shape index (κ2) is 6.33. The van der Waals surface area contributed by atoms with E-state index in [0.717, 1.165) is 11.3 Å². The highest BCUT2D eigenvalue weighted by Crippen LogP contribution is 2.15. The lowest BCUT2D eigenvalue weighted by atomic mass is 10.0. The van der Waals surface area contributed by atoms with Crippen molar-refractivity contribution in [2.75, 3.05) is 7.11 Å². The van der Waals surface area contributed by atoms with Gasteiger partial charge in [-0.05, 0) is 24.1 Å². The normalized spacial score (nSPS) is 24.1. The lowest BCUT2D eigenvalue weighted by Crippen LogP contribution is -2.12. The topological polar surface area (TPSA) is 76.1 Å². The molecule has 0 heterocycles. The molecule has 0 aromatic rings. The van der Waals surface area contributed by atoms with E-state index in [1.165, 1.54) is 6.08 Å². The summed E-state index contributed by atoms with van der Waals surface area (Å²) in [5.74, 6) is 0.117. The summed E-state index contributed by atoms with van der Waals surface area (Å²) in [5.41, 5.74) is 5.92. The van der Waals surface area contributed by atoms with Gasteiger partial charge < -0.3 is 10.5 Å². The molecule has 0 radical (unpaired) electrons. The van der Waals surface area contributed by atoms with Crippen LogP contribution in [0.2, 0.25) is 0 Å². The number of nitriles is 1. The standard InChI is InChI=1S/C13H14N2O2/c1-17-12-5-3-2-4-10(6-7-12)8-11(9-14)13(15)16/h2-3,5-6,8H,4,7H2,1H3,(H2,15,16)/b3-2-,10-6+,11-8+,12-5+. The maximum absolute atomic E-state index is 10.9. The van der Waals surface area contributed by atoms with E-state index in [4.69, 9.17) is 15.7 Å². The van der Waals surface area contributed by atoms with E-state index in [9.17, 15) is 4.79 Å². The SMILES string of the molecule is CO/C1=C/C=C\CC(/C=C(\C#N)C(N)=O)=C\C1. The van der Waals surface area contributed by atoms with Crippen LogP contribution in [-0.2, 0) is 9.53 Å². The van der Waals surface area contributed by atoms with Crippen molar-refractivity contribution < 1.29 is 9.53 Å². The van der Waals surface area contributed by atoms with E-state index in [-0.39, 0.29) is 5.57 Å². The van der Waals surface area contributed by atoms with Gasteiger partial charge in [0.1, 0.15) is 11.6 Å². The molecule has 0 bridgehead atoms. The van der Waals surface area contributed by atoms with Crippen LogP contribution in [0, 0.1) is 11.3 Å². The Morgan fingerprint density at radius 1 is 1.59 bits per heavy atom. The summed E-state index contributed by atoms with van der Waals surface area (Å²) in [6.45, 7) is 0. The van der Waals surface area contributed by atoms with E-state index in [1.54, 1.807) is 13.2 Å². The second-order valence-corrected chi connectivity index (χ2v) is 3.49. The Kier molecular flexibility index (Phi) is 4.77. The highest BCUT2D eigenvalue weighted by Gasteiger charge is 2.05. The summed E-state index contributed by atoms with van der Waals surface area (Å²) in [6, 6.07) is 1.79. The van der Waals surface area contributed by atoms with Crippen molar-refractivity contribution in [1.82, 2.24) is 0 Å². The Morgan fingerprint density at radius 2 is 2.35 bits per heavy atom. The van der Waals surface area contributed by atoms with Gasteiger partial charge in [0.25, 0.3) is 5.91 Å². The number of methoxy groups -OCH3 is 1. The van der Waals surface area contributed by atoms with Gasteiger partial charge >= 0.3 is 0 Å². The summed E-state index contributed by atoms with van der Waals surface area (Å²) in [6.07, 6.45) is 10.4. The molecule has 0 aromatic carbocycles. The van der Waals surface area contributed by atoms with Crippen molar-refractivity contribution in [2.45, 2.75) is 12.8 Å². The van der Waals surface area contributed by atoms with Crippen LogP contribution in [0.1, 0.15) is 12.8 Å². The van der Waals surface area contributed by atoms with Crippen molar-refractivity contribution in [3.63, 3.8) is 0 Å². The van der Waals surface area contributed by atoms with Gasteiger partial charge in [-0.1, -0.05) is 18.2 Å². The maximum atomic E-state index is 10.9. The first-order chi connectivity index (χ1) is 8.17. The van der Waals surface area contributed by atoms with Crippen LogP contribution in [0.3, 0.4) is 0 Å². The Hall–Kier alpha value is -2.28. The monoisotopic (exact) mass is 230 g/mol. The molecule has 1 rings (SSSR count). The number of carbonyl (C=O) groups excluding carboxylic acids is 1. The van der Waals surface area contributed by atoms with Crippen LogP contribution in [0.5, 0.6) is 0 Å². The minimum absolute atomic E-state index is 0.0341. The third-order valence-electron chi connectivity index (χ3n) is 2.32. The molecule has 0 aliphatic heterocycles. The van der Waals surface area contributed by atoms with E-state index in [1.807, 2.05) is 24.3 Å². The van der Waals surface area contributed by atoms with Gasteiger partial charge in [0.05, 0.1) is 12.9 Å². The highest BCUT2D eigenvalue weighted by molar-refractivity contribution is 5.96. The smallest absolute Gasteiger partial charge is 0.259 e. The Labute approximate surface area is 100 Å². The third kappa shape index (κ3) is 3.99. The number of allylic oxidation sites excluding steroid dienone is 6. The quantitative estimate of drug-likeness (QED) is 0.592. The molecule has 2 N–H and O–H groups in total. The van der Waals surface area contributed by atoms with Crippen LogP contribution in [0.15, 0.2) is 47.3 Å². The number of nitrogens with two attached hydrogens (primary N) is 1. The largest absolute Gasteiger partial charge is 0.501 e. The molecular weight excluding hydrogens is 216 g/mol. The molecule has 88 valence electrons. The average Bonchev–Trinajstić information content (AvgIpc) is 2.28. The molecule has 1 amide bonds. The molecule has 0 saturated heterocycles. The van der Waals surface area contributed by atoms with Crippen molar-refractivity contribution in [3.8, 4) is 6.07 Å². The summed E-state index contributed by atoms with van der Waals surface area (Å²) in [5, 5.41) is 8.75. The van der Waals surface area contributed by atoms with E-state index in [2.05, 4.69) is 0 Å². The first-order valence-electron chi connectivity index (χ1n) is 5.17. The molecule has 17 heavy (non-hydrogen) atoms. The predicted molar refractivity (Wildman–Crippen MR) is 64.4 cm³/mol. The fourth-order valence-corrected chi connectivity index (χ4v) is 1.38. The number of carbonyl (C=O) groups is 1. The minimum atomic E-state index is -0.707. The van der Waals surface area contributed by atoms with Gasteiger partial charge in [-0.25, -0.2) is 0 Å². The van der Waals surface area contributed by atoms with Crippen molar-refractivity contribution in [3.05, 3.63) is 47.3 Å². The first kappa shape index (κ1) is 12.8. The molecule has 1 aliphatic carbocycles. The summed E-state index contributed by atoms with van der Waals surface area (Å²) in [7, 11) is 1.61. The van der Waals surface area contributed by atoms with Crippen LogP contribution < -0.4 is 5.73 Å². The van der Waals surface area contributed by atoms with Gasteiger partial charge in [0, 0.05) is 6.42 Å². The summed E-state index contributed by atoms with van der Waals surface area (Å²) in [4.78, 5) is 10.9. The zero-order valence-electron chi connectivity index (χ0n) is 9.64. The number of nitrogens with zero attached hydrogens (tertiary/aromatic N) is 1. The number of primary amides is 1. The van der Waals surface area contributed by atoms with Crippen LogP contribution in [0.4, 0.5) is 0 Å². The number of ether oxygens (including phenoxy) is 1. The Morgan fingerprint density at radius 3 is 2.94 bits per heavy atom. The molecule has 4 nitrogen and oxygen atoms in total. The van der Waals surface area contributed by atoms with E-state index < -0.39 is 5.91 Å². The summed E-state index contributed by atoms with van der Waals surface area (Å²) >= 11 is 0. The van der Waals surface area contributed by atoms with Crippen LogP contribution >= 0.6 is 0 Å². The molecule has 4 heteroatoms. The highest BCUT2D eigenvalue weighted by atomic mass is 16.5. The van der Waals surface area contributed by atoms with Crippen molar-refractivity contribution >= 4 is 5.91 Å². The summed E-state index contributed by atoms with van der Waals surface area (Å²) < 4.78 is 5.14. The average molecular weight is 230 g/mol. The molecule has 1 aliphatic rings. The molecule has 0 unspecified atom stereocenters. The number of hydrogen-bond donors (Lipinski definition) is 1. The van der Waals surface area contributed by atoms with Crippen molar-refractivity contribution in [2.24, 2.45) is 5.73 Å². The molecule has 0 saturated carbocycles. The molecule has 0 fully saturated rings. The van der Waals surface area contributed by atoms with Gasteiger partial charge in [0.15, 0.2) is 0 Å². The lowest BCUT2D eigenvalue weighted by Gasteiger charge is -2.06. The first-order valence-corrected chi connectivity index (χ1v) is 5.17. The number of rotatable bonds is 3. The van der Waals surface area contributed by atoms with E-state index >= 15 is 0 Å².